The molecule has 2 amide bonds. The van der Waals surface area contributed by atoms with Crippen LogP contribution in [-0.4, -0.2) is 40.9 Å². The van der Waals surface area contributed by atoms with E-state index >= 15 is 0 Å². The van der Waals surface area contributed by atoms with Gasteiger partial charge in [-0.2, -0.15) is 13.2 Å². The molecule has 10 heteroatoms. The molecular weight excluding hydrogens is 353 g/mol. The summed E-state index contributed by atoms with van der Waals surface area (Å²) in [5.41, 5.74) is 2.19. The summed E-state index contributed by atoms with van der Waals surface area (Å²) in [4.78, 5) is 17.4. The van der Waals surface area contributed by atoms with Gasteiger partial charge in [0.15, 0.2) is 6.61 Å². The number of hydrogen-bond donors (Lipinski definition) is 1. The van der Waals surface area contributed by atoms with E-state index in [4.69, 9.17) is 4.52 Å². The molecule has 0 saturated carbocycles. The van der Waals surface area contributed by atoms with Crippen LogP contribution in [0.25, 0.3) is 0 Å². The van der Waals surface area contributed by atoms with Gasteiger partial charge in [0, 0.05) is 31.4 Å². The van der Waals surface area contributed by atoms with Crippen molar-refractivity contribution in [3.8, 4) is 5.88 Å². The van der Waals surface area contributed by atoms with Gasteiger partial charge in [-0.15, -0.1) is 0 Å². The van der Waals surface area contributed by atoms with Crippen LogP contribution in [-0.2, 0) is 13.1 Å². The second kappa shape index (κ2) is 8.07. The van der Waals surface area contributed by atoms with Crippen LogP contribution in [0.3, 0.4) is 0 Å². The van der Waals surface area contributed by atoms with Crippen LogP contribution in [0.15, 0.2) is 22.9 Å². The van der Waals surface area contributed by atoms with E-state index in [0.717, 1.165) is 11.3 Å². The Labute approximate surface area is 148 Å². The lowest BCUT2D eigenvalue weighted by molar-refractivity contribution is -0.154. The highest BCUT2D eigenvalue weighted by atomic mass is 19.4. The fourth-order valence-corrected chi connectivity index (χ4v) is 2.11. The smallest absolute Gasteiger partial charge is 0.422 e. The molecule has 26 heavy (non-hydrogen) atoms. The lowest BCUT2D eigenvalue weighted by atomic mass is 10.2. The number of amides is 2. The van der Waals surface area contributed by atoms with E-state index in [1.165, 1.54) is 23.2 Å². The van der Waals surface area contributed by atoms with E-state index in [9.17, 15) is 18.0 Å². The first-order chi connectivity index (χ1) is 12.2. The Morgan fingerprint density at radius 1 is 1.35 bits per heavy atom. The van der Waals surface area contributed by atoms with E-state index in [0.29, 0.717) is 17.9 Å². The van der Waals surface area contributed by atoms with Gasteiger partial charge in [-0.3, -0.25) is 0 Å². The quantitative estimate of drug-likeness (QED) is 0.843. The average Bonchev–Trinajstić information content (AvgIpc) is 2.90. The number of nitrogens with one attached hydrogen (secondary N) is 1. The van der Waals surface area contributed by atoms with Crippen molar-refractivity contribution in [2.24, 2.45) is 0 Å². The lowest BCUT2D eigenvalue weighted by Crippen LogP contribution is -2.36. The minimum absolute atomic E-state index is 0.132. The second-order valence-corrected chi connectivity index (χ2v) is 5.73. The molecule has 142 valence electrons. The molecule has 0 aliphatic heterocycles. The highest BCUT2D eigenvalue weighted by molar-refractivity contribution is 5.73. The van der Waals surface area contributed by atoms with E-state index in [2.05, 4.69) is 20.2 Å². The van der Waals surface area contributed by atoms with Gasteiger partial charge in [-0.05, 0) is 19.4 Å². The van der Waals surface area contributed by atoms with Crippen molar-refractivity contribution in [2.45, 2.75) is 33.1 Å². The number of nitrogens with zero attached hydrogens (tertiary/aromatic N) is 3. The van der Waals surface area contributed by atoms with E-state index < -0.39 is 12.8 Å². The molecule has 0 aromatic carbocycles. The summed E-state index contributed by atoms with van der Waals surface area (Å²) in [6, 6.07) is 2.54. The summed E-state index contributed by atoms with van der Waals surface area (Å²) in [6.45, 7) is 2.69. The van der Waals surface area contributed by atoms with Gasteiger partial charge in [0.2, 0.25) is 5.88 Å². The number of aryl methyl sites for hydroxylation is 2. The standard InChI is InChI=1S/C16H19F3N4O3/c1-10-13(11(2)26-22-10)8-23(3)15(24)21-7-12-4-5-14(20-6-12)25-9-16(17,18)19/h4-6H,7-9H2,1-3H3,(H,21,24). The summed E-state index contributed by atoms with van der Waals surface area (Å²) < 4.78 is 45.8. The van der Waals surface area contributed by atoms with Gasteiger partial charge in [0.25, 0.3) is 0 Å². The largest absolute Gasteiger partial charge is 0.468 e. The van der Waals surface area contributed by atoms with Gasteiger partial charge in [-0.25, -0.2) is 9.78 Å². The summed E-state index contributed by atoms with van der Waals surface area (Å²) in [5, 5.41) is 6.54. The summed E-state index contributed by atoms with van der Waals surface area (Å²) in [7, 11) is 1.63. The Bertz CT molecular complexity index is 725. The number of carbonyl (C=O) groups excluding carboxylic acids is 1. The first-order valence-corrected chi connectivity index (χ1v) is 7.71. The van der Waals surface area contributed by atoms with Crippen molar-refractivity contribution in [1.29, 1.82) is 0 Å². The minimum Gasteiger partial charge on any atom is -0.468 e. The second-order valence-electron chi connectivity index (χ2n) is 5.73. The highest BCUT2D eigenvalue weighted by Crippen LogP contribution is 2.17. The third kappa shape index (κ3) is 5.64. The highest BCUT2D eigenvalue weighted by Gasteiger charge is 2.28. The number of carbonyl (C=O) groups is 1. The van der Waals surface area contributed by atoms with E-state index in [-0.39, 0.29) is 18.5 Å². The maximum atomic E-state index is 12.1. The van der Waals surface area contributed by atoms with Crippen LogP contribution < -0.4 is 10.1 Å². The topological polar surface area (TPSA) is 80.5 Å². The first kappa shape index (κ1) is 19.5. The predicted octanol–water partition coefficient (Wildman–Crippen LogP) is 2.97. The van der Waals surface area contributed by atoms with Crippen LogP contribution in [0.2, 0.25) is 0 Å². The number of pyridine rings is 1. The lowest BCUT2D eigenvalue weighted by Gasteiger charge is -2.18. The summed E-state index contributed by atoms with van der Waals surface area (Å²) >= 11 is 0. The zero-order valence-electron chi connectivity index (χ0n) is 14.6. The molecule has 2 heterocycles. The molecule has 0 aliphatic rings. The predicted molar refractivity (Wildman–Crippen MR) is 85.5 cm³/mol. The zero-order valence-corrected chi connectivity index (χ0v) is 14.6. The molecule has 0 aliphatic carbocycles. The molecule has 1 N–H and O–H groups in total. The third-order valence-electron chi connectivity index (χ3n) is 3.55. The monoisotopic (exact) mass is 372 g/mol. The van der Waals surface area contributed by atoms with Crippen molar-refractivity contribution in [1.82, 2.24) is 20.4 Å². The summed E-state index contributed by atoms with van der Waals surface area (Å²) in [6.07, 6.45) is -3.07. The molecule has 2 rings (SSSR count). The number of hydrogen-bond acceptors (Lipinski definition) is 5. The molecule has 2 aromatic heterocycles. The van der Waals surface area contributed by atoms with Crippen molar-refractivity contribution in [2.75, 3.05) is 13.7 Å². The molecule has 0 bridgehead atoms. The molecule has 2 aromatic rings. The fraction of sp³-hybridized carbons (Fsp3) is 0.438. The van der Waals surface area contributed by atoms with Crippen molar-refractivity contribution < 1.29 is 27.2 Å². The minimum atomic E-state index is -4.42. The number of alkyl halides is 3. The SMILES string of the molecule is Cc1noc(C)c1CN(C)C(=O)NCc1ccc(OCC(F)(F)F)nc1. The molecule has 0 unspecified atom stereocenters. The Morgan fingerprint density at radius 3 is 2.62 bits per heavy atom. The van der Waals surface area contributed by atoms with Gasteiger partial charge in [-0.1, -0.05) is 11.2 Å². The Morgan fingerprint density at radius 2 is 2.08 bits per heavy atom. The molecule has 0 atom stereocenters. The number of halogens is 3. The Hall–Kier alpha value is -2.78. The zero-order chi connectivity index (χ0) is 19.3. The van der Waals surface area contributed by atoms with Crippen LogP contribution in [0.4, 0.5) is 18.0 Å². The van der Waals surface area contributed by atoms with E-state index in [1.807, 2.05) is 0 Å². The van der Waals surface area contributed by atoms with E-state index in [1.54, 1.807) is 20.9 Å². The van der Waals surface area contributed by atoms with Crippen molar-refractivity contribution in [3.05, 3.63) is 40.9 Å². The summed E-state index contributed by atoms with van der Waals surface area (Å²) in [5.74, 6) is 0.522. The first-order valence-electron chi connectivity index (χ1n) is 7.71. The molecule has 0 spiro atoms. The molecule has 0 saturated heterocycles. The normalized spacial score (nSPS) is 11.3. The molecule has 7 nitrogen and oxygen atoms in total. The average molecular weight is 372 g/mol. The van der Waals surface area contributed by atoms with Crippen LogP contribution in [0.1, 0.15) is 22.6 Å². The molecule has 0 fully saturated rings. The van der Waals surface area contributed by atoms with Gasteiger partial charge in [0.05, 0.1) is 12.2 Å². The number of ether oxygens (including phenoxy) is 1. The number of rotatable bonds is 6. The van der Waals surface area contributed by atoms with Gasteiger partial charge < -0.3 is 19.5 Å². The van der Waals surface area contributed by atoms with Crippen molar-refractivity contribution >= 4 is 6.03 Å². The van der Waals surface area contributed by atoms with Gasteiger partial charge >= 0.3 is 12.2 Å². The molecule has 0 radical (unpaired) electrons. The van der Waals surface area contributed by atoms with Crippen molar-refractivity contribution in [3.63, 3.8) is 0 Å². The maximum Gasteiger partial charge on any atom is 0.422 e. The molecular formula is C16H19F3N4O3. The fourth-order valence-electron chi connectivity index (χ4n) is 2.11. The Balaban J connectivity index is 1.83. The maximum absolute atomic E-state index is 12.1. The number of urea groups is 1. The number of aromatic nitrogens is 2. The van der Waals surface area contributed by atoms with Gasteiger partial charge in [0.1, 0.15) is 5.76 Å². The Kier molecular flexibility index (Phi) is 6.06. The van der Waals surface area contributed by atoms with Crippen LogP contribution in [0.5, 0.6) is 5.88 Å². The van der Waals surface area contributed by atoms with Crippen LogP contribution >= 0.6 is 0 Å². The van der Waals surface area contributed by atoms with Crippen LogP contribution in [0, 0.1) is 13.8 Å². The third-order valence-corrected chi connectivity index (χ3v) is 3.55.